The molecule has 1 N–H and O–H groups in total. The second-order valence-electron chi connectivity index (χ2n) is 3.96. The first-order chi connectivity index (χ1) is 7.75. The highest BCUT2D eigenvalue weighted by molar-refractivity contribution is 5.94. The van der Waals surface area contributed by atoms with Gasteiger partial charge in [-0.1, -0.05) is 12.2 Å². The van der Waals surface area contributed by atoms with Crippen molar-refractivity contribution >= 4 is 5.91 Å². The van der Waals surface area contributed by atoms with Gasteiger partial charge in [0.05, 0.1) is 0 Å². The van der Waals surface area contributed by atoms with Crippen molar-refractivity contribution in [2.75, 3.05) is 0 Å². The van der Waals surface area contributed by atoms with E-state index in [2.05, 4.69) is 17.5 Å². The van der Waals surface area contributed by atoms with Gasteiger partial charge in [-0.25, -0.2) is 4.39 Å². The van der Waals surface area contributed by atoms with E-state index in [1.165, 1.54) is 24.3 Å². The summed E-state index contributed by atoms with van der Waals surface area (Å²) in [6.07, 6.45) is 7.07. The summed E-state index contributed by atoms with van der Waals surface area (Å²) in [7, 11) is 0. The van der Waals surface area contributed by atoms with Crippen LogP contribution < -0.4 is 5.32 Å². The topological polar surface area (TPSA) is 29.1 Å². The highest BCUT2D eigenvalue weighted by Gasteiger charge is 2.13. The van der Waals surface area contributed by atoms with E-state index in [0.29, 0.717) is 5.56 Å². The van der Waals surface area contributed by atoms with E-state index >= 15 is 0 Å². The molecule has 84 valence electrons. The zero-order valence-electron chi connectivity index (χ0n) is 8.95. The van der Waals surface area contributed by atoms with Crippen LogP contribution in [0.4, 0.5) is 4.39 Å². The Bertz CT molecular complexity index is 397. The van der Waals surface area contributed by atoms with Crippen LogP contribution in [0.3, 0.4) is 0 Å². The van der Waals surface area contributed by atoms with Gasteiger partial charge >= 0.3 is 0 Å². The molecular weight excluding hydrogens is 205 g/mol. The molecule has 0 bridgehead atoms. The molecule has 0 saturated heterocycles. The summed E-state index contributed by atoms with van der Waals surface area (Å²) >= 11 is 0. The third-order valence-corrected chi connectivity index (χ3v) is 2.71. The van der Waals surface area contributed by atoms with E-state index in [1.807, 2.05) is 0 Å². The molecule has 16 heavy (non-hydrogen) atoms. The van der Waals surface area contributed by atoms with E-state index in [-0.39, 0.29) is 17.8 Å². The highest BCUT2D eigenvalue weighted by atomic mass is 19.1. The molecule has 1 aliphatic carbocycles. The Morgan fingerprint density at radius 2 is 2.00 bits per heavy atom. The highest BCUT2D eigenvalue weighted by Crippen LogP contribution is 2.11. The Kier molecular flexibility index (Phi) is 3.34. The zero-order valence-corrected chi connectivity index (χ0v) is 8.95. The number of carbonyl (C=O) groups excluding carboxylic acids is 1. The van der Waals surface area contributed by atoms with E-state index in [9.17, 15) is 9.18 Å². The molecule has 1 amide bonds. The van der Waals surface area contributed by atoms with E-state index in [0.717, 1.165) is 19.3 Å². The summed E-state index contributed by atoms with van der Waals surface area (Å²) in [6, 6.07) is 5.82. The average molecular weight is 219 g/mol. The molecule has 3 heteroatoms. The van der Waals surface area contributed by atoms with Crippen LogP contribution in [-0.2, 0) is 0 Å². The van der Waals surface area contributed by atoms with Gasteiger partial charge in [0.2, 0.25) is 0 Å². The molecule has 0 heterocycles. The molecule has 0 spiro atoms. The quantitative estimate of drug-likeness (QED) is 0.761. The van der Waals surface area contributed by atoms with Gasteiger partial charge < -0.3 is 5.32 Å². The molecular formula is C13H14FNO. The summed E-state index contributed by atoms with van der Waals surface area (Å²) in [6.45, 7) is 0. The number of nitrogens with one attached hydrogen (secondary N) is 1. The molecule has 1 aliphatic rings. The maximum atomic E-state index is 12.7. The number of hydrogen-bond acceptors (Lipinski definition) is 1. The Morgan fingerprint density at radius 3 is 2.62 bits per heavy atom. The molecule has 0 aliphatic heterocycles. The maximum absolute atomic E-state index is 12.7. The van der Waals surface area contributed by atoms with Gasteiger partial charge in [-0.15, -0.1) is 0 Å². The molecule has 2 nitrogen and oxygen atoms in total. The zero-order chi connectivity index (χ0) is 11.4. The Morgan fingerprint density at radius 1 is 1.25 bits per heavy atom. The molecule has 2 rings (SSSR count). The predicted octanol–water partition coefficient (Wildman–Crippen LogP) is 2.66. The third kappa shape index (κ3) is 2.69. The summed E-state index contributed by atoms with van der Waals surface area (Å²) in [5, 5.41) is 2.94. The first-order valence-electron chi connectivity index (χ1n) is 5.47. The number of carbonyl (C=O) groups is 1. The van der Waals surface area contributed by atoms with E-state index in [1.54, 1.807) is 0 Å². The van der Waals surface area contributed by atoms with Crippen LogP contribution in [0.5, 0.6) is 0 Å². The van der Waals surface area contributed by atoms with Crippen LogP contribution in [-0.4, -0.2) is 11.9 Å². The summed E-state index contributed by atoms with van der Waals surface area (Å²) in [4.78, 5) is 11.8. The summed E-state index contributed by atoms with van der Waals surface area (Å²) in [5.74, 6) is -0.447. The minimum atomic E-state index is -0.322. The average Bonchev–Trinajstić information content (AvgIpc) is 2.31. The second kappa shape index (κ2) is 4.92. The lowest BCUT2D eigenvalue weighted by molar-refractivity contribution is 0.0934. The first kappa shape index (κ1) is 10.9. The van der Waals surface area contributed by atoms with Crippen LogP contribution in [0.2, 0.25) is 0 Å². The number of halogens is 1. The Labute approximate surface area is 94.2 Å². The fraction of sp³-hybridized carbons (Fsp3) is 0.308. The predicted molar refractivity (Wildman–Crippen MR) is 60.6 cm³/mol. The number of hydrogen-bond donors (Lipinski definition) is 1. The molecule has 1 aromatic carbocycles. The molecule has 1 atom stereocenters. The fourth-order valence-electron chi connectivity index (χ4n) is 1.79. The van der Waals surface area contributed by atoms with Gasteiger partial charge in [0, 0.05) is 11.6 Å². The van der Waals surface area contributed by atoms with Crippen LogP contribution in [0, 0.1) is 5.82 Å². The van der Waals surface area contributed by atoms with Crippen LogP contribution in [0.25, 0.3) is 0 Å². The van der Waals surface area contributed by atoms with Crippen molar-refractivity contribution in [3.05, 3.63) is 47.8 Å². The second-order valence-corrected chi connectivity index (χ2v) is 3.96. The van der Waals surface area contributed by atoms with Gasteiger partial charge in [-0.3, -0.25) is 4.79 Å². The van der Waals surface area contributed by atoms with Crippen molar-refractivity contribution in [3.63, 3.8) is 0 Å². The van der Waals surface area contributed by atoms with Gasteiger partial charge in [-0.2, -0.15) is 0 Å². The van der Waals surface area contributed by atoms with Gasteiger partial charge in [0.25, 0.3) is 5.91 Å². The largest absolute Gasteiger partial charge is 0.349 e. The number of rotatable bonds is 2. The molecule has 0 saturated carbocycles. The van der Waals surface area contributed by atoms with Crippen molar-refractivity contribution in [2.45, 2.75) is 25.3 Å². The fourth-order valence-corrected chi connectivity index (χ4v) is 1.79. The van der Waals surface area contributed by atoms with Crippen LogP contribution in [0.15, 0.2) is 36.4 Å². The van der Waals surface area contributed by atoms with E-state index in [4.69, 9.17) is 0 Å². The monoisotopic (exact) mass is 219 g/mol. The summed E-state index contributed by atoms with van der Waals surface area (Å²) < 4.78 is 12.7. The summed E-state index contributed by atoms with van der Waals surface area (Å²) in [5.41, 5.74) is 0.510. The van der Waals surface area contributed by atoms with Crippen molar-refractivity contribution < 1.29 is 9.18 Å². The minimum absolute atomic E-state index is 0.125. The maximum Gasteiger partial charge on any atom is 0.251 e. The van der Waals surface area contributed by atoms with E-state index < -0.39 is 0 Å². The molecule has 0 aromatic heterocycles. The van der Waals surface area contributed by atoms with Gasteiger partial charge in [0.1, 0.15) is 5.82 Å². The lowest BCUT2D eigenvalue weighted by Crippen LogP contribution is -2.35. The van der Waals surface area contributed by atoms with Crippen molar-refractivity contribution in [3.8, 4) is 0 Å². The smallest absolute Gasteiger partial charge is 0.251 e. The van der Waals surface area contributed by atoms with Crippen molar-refractivity contribution in [1.29, 1.82) is 0 Å². The lowest BCUT2D eigenvalue weighted by Gasteiger charge is -2.19. The first-order valence-corrected chi connectivity index (χ1v) is 5.47. The lowest BCUT2D eigenvalue weighted by atomic mass is 10.0. The van der Waals surface area contributed by atoms with Crippen molar-refractivity contribution in [2.24, 2.45) is 0 Å². The molecule has 0 radical (unpaired) electrons. The van der Waals surface area contributed by atoms with Crippen LogP contribution in [0.1, 0.15) is 29.6 Å². The molecule has 1 unspecified atom stereocenters. The normalized spacial score (nSPS) is 19.4. The molecule has 1 aromatic rings. The third-order valence-electron chi connectivity index (χ3n) is 2.71. The SMILES string of the molecule is O=C(NC1CC=CCC1)c1ccc(F)cc1. The minimum Gasteiger partial charge on any atom is -0.349 e. The number of benzene rings is 1. The van der Waals surface area contributed by atoms with Crippen molar-refractivity contribution in [1.82, 2.24) is 5.32 Å². The Hall–Kier alpha value is -1.64. The Balaban J connectivity index is 1.97. The number of amides is 1. The van der Waals surface area contributed by atoms with Gasteiger partial charge in [-0.05, 0) is 43.5 Å². The van der Waals surface area contributed by atoms with Gasteiger partial charge in [0.15, 0.2) is 0 Å². The number of allylic oxidation sites excluding steroid dienone is 1. The van der Waals surface area contributed by atoms with Crippen LogP contribution >= 0.6 is 0 Å². The standard InChI is InChI=1S/C13H14FNO/c14-11-8-6-10(7-9-11)13(16)15-12-4-2-1-3-5-12/h1-2,6-9,12H,3-5H2,(H,15,16). The molecule has 0 fully saturated rings.